The predicted octanol–water partition coefficient (Wildman–Crippen LogP) is 7.53. The van der Waals surface area contributed by atoms with Gasteiger partial charge in [-0.3, -0.25) is 18.4 Å². The Morgan fingerprint density at radius 3 is 1.65 bits per heavy atom. The van der Waals surface area contributed by atoms with Gasteiger partial charge in [0.15, 0.2) is 5.75 Å². The minimum Gasteiger partial charge on any atom is -0.481 e. The van der Waals surface area contributed by atoms with Crippen LogP contribution >= 0.6 is 15.4 Å². The normalized spacial score (nSPS) is 13.9. The van der Waals surface area contributed by atoms with Crippen molar-refractivity contribution in [2.45, 2.75) is 125 Å². The van der Waals surface area contributed by atoms with Crippen molar-refractivity contribution in [3.8, 4) is 5.75 Å². The lowest BCUT2D eigenvalue weighted by atomic mass is 9.79. The second-order valence-corrected chi connectivity index (χ2v) is 15.7. The SMILES string of the molecule is Cc1ccc(P(=O)(OC(C)C)OC(C)C)c(OP(=O)(OC(C)(C)C)OC(C)(C)C)c1C(C)(C)CC(=O)O. The number of phosphoric acid groups is 1. The van der Waals surface area contributed by atoms with Gasteiger partial charge in [-0.05, 0) is 87.8 Å². The second-order valence-electron chi connectivity index (χ2n) is 12.3. The van der Waals surface area contributed by atoms with Crippen molar-refractivity contribution in [1.29, 1.82) is 0 Å². The fraction of sp³-hybridized carbons (Fsp3) is 0.731. The van der Waals surface area contributed by atoms with Gasteiger partial charge >= 0.3 is 21.4 Å². The number of carbonyl (C=O) groups is 1. The van der Waals surface area contributed by atoms with Crippen molar-refractivity contribution in [2.75, 3.05) is 0 Å². The third-order valence-electron chi connectivity index (χ3n) is 4.58. The summed E-state index contributed by atoms with van der Waals surface area (Å²) in [5.41, 5.74) is -1.87. The van der Waals surface area contributed by atoms with Crippen LogP contribution in [-0.4, -0.2) is 34.5 Å². The van der Waals surface area contributed by atoms with Crippen molar-refractivity contribution >= 4 is 26.7 Å². The molecule has 1 N–H and O–H groups in total. The zero-order chi connectivity index (χ0) is 29.2. The number of phosphoric ester groups is 1. The molecular weight excluding hydrogens is 518 g/mol. The number of rotatable bonds is 12. The molecule has 214 valence electrons. The van der Waals surface area contributed by atoms with E-state index in [1.807, 2.05) is 0 Å². The Morgan fingerprint density at radius 1 is 0.865 bits per heavy atom. The van der Waals surface area contributed by atoms with Crippen LogP contribution in [0.25, 0.3) is 0 Å². The van der Waals surface area contributed by atoms with Gasteiger partial charge in [0.05, 0.1) is 29.8 Å². The smallest absolute Gasteiger partial charge is 0.481 e. The Labute approximate surface area is 222 Å². The van der Waals surface area contributed by atoms with Gasteiger partial charge in [0.1, 0.15) is 5.30 Å². The summed E-state index contributed by atoms with van der Waals surface area (Å²) in [7, 11) is -8.44. The van der Waals surface area contributed by atoms with Crippen LogP contribution in [0.15, 0.2) is 12.1 Å². The molecule has 0 saturated carbocycles. The molecule has 0 fully saturated rings. The van der Waals surface area contributed by atoms with Gasteiger partial charge in [0, 0.05) is 11.0 Å². The molecule has 9 nitrogen and oxygen atoms in total. The molecule has 0 aliphatic rings. The molecule has 1 aromatic rings. The molecule has 0 aliphatic carbocycles. The van der Waals surface area contributed by atoms with Gasteiger partial charge in [0.25, 0.3) is 0 Å². The molecule has 0 aliphatic heterocycles. The van der Waals surface area contributed by atoms with E-state index in [-0.39, 0.29) is 17.5 Å². The van der Waals surface area contributed by atoms with Crippen molar-refractivity contribution in [3.63, 3.8) is 0 Å². The Balaban J connectivity index is 4.13. The zero-order valence-electron chi connectivity index (χ0n) is 24.6. The summed E-state index contributed by atoms with van der Waals surface area (Å²) in [5.74, 6) is -1.13. The van der Waals surface area contributed by atoms with Crippen molar-refractivity contribution in [2.24, 2.45) is 0 Å². The number of benzene rings is 1. The maximum atomic E-state index is 14.3. The third kappa shape index (κ3) is 10.5. The van der Waals surface area contributed by atoms with Crippen molar-refractivity contribution < 1.29 is 41.6 Å². The molecule has 0 atom stereocenters. The highest BCUT2D eigenvalue weighted by Gasteiger charge is 2.45. The molecule has 1 rings (SSSR count). The summed E-state index contributed by atoms with van der Waals surface area (Å²) in [6.07, 6.45) is -1.26. The van der Waals surface area contributed by atoms with Crippen LogP contribution in [0.5, 0.6) is 5.75 Å². The predicted molar refractivity (Wildman–Crippen MR) is 146 cm³/mol. The lowest BCUT2D eigenvalue weighted by molar-refractivity contribution is -0.138. The molecule has 0 saturated heterocycles. The molecule has 1 aromatic carbocycles. The molecule has 0 heterocycles. The fourth-order valence-corrected chi connectivity index (χ4v) is 7.81. The Kier molecular flexibility index (Phi) is 10.9. The molecule has 0 amide bonds. The average Bonchev–Trinajstić information content (AvgIpc) is 2.54. The van der Waals surface area contributed by atoms with Gasteiger partial charge in [-0.25, -0.2) is 4.57 Å². The maximum absolute atomic E-state index is 14.3. The monoisotopic (exact) mass is 564 g/mol. The highest BCUT2D eigenvalue weighted by Crippen LogP contribution is 2.60. The molecule has 0 spiro atoms. The highest BCUT2D eigenvalue weighted by atomic mass is 31.2. The molecule has 0 bridgehead atoms. The lowest BCUT2D eigenvalue weighted by Gasteiger charge is -2.35. The quantitative estimate of drug-likeness (QED) is 0.257. The third-order valence-corrected chi connectivity index (χ3v) is 8.87. The van der Waals surface area contributed by atoms with Crippen LogP contribution in [0.1, 0.15) is 101 Å². The first kappa shape index (κ1) is 33.8. The van der Waals surface area contributed by atoms with E-state index >= 15 is 0 Å². The first-order valence-electron chi connectivity index (χ1n) is 12.4. The van der Waals surface area contributed by atoms with Crippen LogP contribution < -0.4 is 9.83 Å². The van der Waals surface area contributed by atoms with E-state index in [0.717, 1.165) is 0 Å². The number of hydrogen-bond donors (Lipinski definition) is 1. The van der Waals surface area contributed by atoms with Gasteiger partial charge < -0.3 is 18.7 Å². The van der Waals surface area contributed by atoms with Crippen LogP contribution in [0.3, 0.4) is 0 Å². The summed E-state index contributed by atoms with van der Waals surface area (Å²) in [5, 5.41) is 9.67. The largest absolute Gasteiger partial charge is 0.531 e. The number of aliphatic carboxylic acids is 1. The first-order chi connectivity index (χ1) is 16.4. The Hall–Kier alpha value is -1.21. The topological polar surface area (TPSA) is 118 Å². The molecule has 0 aromatic heterocycles. The first-order valence-corrected chi connectivity index (χ1v) is 15.4. The van der Waals surface area contributed by atoms with Gasteiger partial charge in [-0.15, -0.1) is 0 Å². The Morgan fingerprint density at radius 2 is 1.30 bits per heavy atom. The highest BCUT2D eigenvalue weighted by molar-refractivity contribution is 7.62. The van der Waals surface area contributed by atoms with E-state index in [4.69, 9.17) is 22.6 Å². The molecule has 0 unspecified atom stereocenters. The minimum absolute atomic E-state index is 0.0178. The summed E-state index contributed by atoms with van der Waals surface area (Å²) < 4.78 is 58.1. The van der Waals surface area contributed by atoms with Crippen LogP contribution in [-0.2, 0) is 37.4 Å². The minimum atomic E-state index is -4.38. The van der Waals surface area contributed by atoms with E-state index in [0.29, 0.717) is 11.1 Å². The molecular formula is C26H46O9P2. The summed E-state index contributed by atoms with van der Waals surface area (Å²) in [6, 6.07) is 3.23. The zero-order valence-corrected chi connectivity index (χ0v) is 26.4. The summed E-state index contributed by atoms with van der Waals surface area (Å²) in [4.78, 5) is 11.8. The number of carboxylic acids is 1. The van der Waals surface area contributed by atoms with Crippen LogP contribution in [0.4, 0.5) is 0 Å². The van der Waals surface area contributed by atoms with Gasteiger partial charge in [0.2, 0.25) is 0 Å². The number of hydrogen-bond acceptors (Lipinski definition) is 8. The molecule has 37 heavy (non-hydrogen) atoms. The van der Waals surface area contributed by atoms with Crippen LogP contribution in [0, 0.1) is 6.92 Å². The fourth-order valence-electron chi connectivity index (χ4n) is 3.82. The lowest BCUT2D eigenvalue weighted by Crippen LogP contribution is -2.30. The van der Waals surface area contributed by atoms with Crippen molar-refractivity contribution in [1.82, 2.24) is 0 Å². The molecule has 0 radical (unpaired) electrons. The van der Waals surface area contributed by atoms with E-state index in [9.17, 15) is 19.0 Å². The van der Waals surface area contributed by atoms with E-state index in [1.165, 1.54) is 6.07 Å². The standard InChI is InChI=1S/C26H46O9P2/c1-17(2)31-36(29,32-18(3)4)20-15-14-19(5)22(26(12,13)16-21(27)28)23(20)33-37(30,34-24(6,7)8)35-25(9,10)11/h14-15,17-18H,16H2,1-13H3,(H,27,28). The summed E-state index contributed by atoms with van der Waals surface area (Å²) in [6.45, 7) is 22.3. The van der Waals surface area contributed by atoms with E-state index in [2.05, 4.69) is 0 Å². The van der Waals surface area contributed by atoms with Gasteiger partial charge in [-0.2, -0.15) is 0 Å². The number of aryl methyl sites for hydroxylation is 1. The van der Waals surface area contributed by atoms with Crippen molar-refractivity contribution in [3.05, 3.63) is 23.3 Å². The van der Waals surface area contributed by atoms with E-state index < -0.39 is 50.2 Å². The maximum Gasteiger partial charge on any atom is 0.531 e. The van der Waals surface area contributed by atoms with E-state index in [1.54, 1.807) is 96.1 Å². The average molecular weight is 565 g/mol. The Bertz CT molecular complexity index is 1010. The second kappa shape index (κ2) is 11.9. The summed E-state index contributed by atoms with van der Waals surface area (Å²) >= 11 is 0. The van der Waals surface area contributed by atoms with Gasteiger partial charge in [-0.1, -0.05) is 19.9 Å². The molecule has 11 heteroatoms. The number of carboxylic acid groups (broad SMARTS) is 1. The van der Waals surface area contributed by atoms with Crippen LogP contribution in [0.2, 0.25) is 0 Å².